The first kappa shape index (κ1) is 25.8. The smallest absolute Gasteiger partial charge is 0.278 e. The molecular weight excluding hydrogens is 544 g/mol. The third-order valence-electron chi connectivity index (χ3n) is 5.71. The maximum atomic E-state index is 14.9. The summed E-state index contributed by atoms with van der Waals surface area (Å²) in [7, 11) is 1.54. The predicted molar refractivity (Wildman–Crippen MR) is 152 cm³/mol. The van der Waals surface area contributed by atoms with Gasteiger partial charge in [0.15, 0.2) is 14.8 Å². The number of amides is 1. The number of fused-ring (bicyclic) bond motifs is 1. The van der Waals surface area contributed by atoms with E-state index in [-0.39, 0.29) is 22.5 Å². The van der Waals surface area contributed by atoms with Crippen molar-refractivity contribution in [2.24, 2.45) is 0 Å². The van der Waals surface area contributed by atoms with E-state index in [4.69, 9.17) is 21.9 Å². The number of rotatable bonds is 7. The molecule has 5 rings (SSSR count). The predicted octanol–water partition coefficient (Wildman–Crippen LogP) is 6.15. The lowest BCUT2D eigenvalue weighted by Gasteiger charge is -2.14. The minimum atomic E-state index is -0.583. The molecule has 0 atom stereocenters. The molecule has 0 aliphatic heterocycles. The van der Waals surface area contributed by atoms with Gasteiger partial charge in [0.05, 0.1) is 24.2 Å². The van der Waals surface area contributed by atoms with Crippen molar-refractivity contribution in [2.75, 3.05) is 18.2 Å². The summed E-state index contributed by atoms with van der Waals surface area (Å²) in [5.74, 6) is -0.369. The van der Waals surface area contributed by atoms with Gasteiger partial charge >= 0.3 is 0 Å². The SMILES string of the molecule is COc1cccc(NC(=O)CSc2nc3c(sc(=S)n3-c3ccccc3C)c(=O)n2-c2ccccc2F)c1. The Morgan fingerprint density at radius 2 is 1.82 bits per heavy atom. The zero-order valence-corrected chi connectivity index (χ0v) is 22.8. The van der Waals surface area contributed by atoms with Gasteiger partial charge in [0.25, 0.3) is 5.56 Å². The summed E-state index contributed by atoms with van der Waals surface area (Å²) in [6.45, 7) is 1.94. The van der Waals surface area contributed by atoms with Crippen LogP contribution in [0.1, 0.15) is 5.56 Å². The average Bonchev–Trinajstić information content (AvgIpc) is 3.24. The highest BCUT2D eigenvalue weighted by atomic mass is 32.2. The molecule has 38 heavy (non-hydrogen) atoms. The fraction of sp³-hybridized carbons (Fsp3) is 0.111. The van der Waals surface area contributed by atoms with Crippen LogP contribution in [0.5, 0.6) is 5.75 Å². The molecule has 2 aromatic heterocycles. The number of halogens is 1. The third-order valence-corrected chi connectivity index (χ3v) is 8.00. The van der Waals surface area contributed by atoms with E-state index in [1.165, 1.54) is 16.7 Å². The van der Waals surface area contributed by atoms with Crippen LogP contribution < -0.4 is 15.6 Å². The highest BCUT2D eigenvalue weighted by Gasteiger charge is 2.21. The lowest BCUT2D eigenvalue weighted by atomic mass is 10.2. The number of para-hydroxylation sites is 2. The monoisotopic (exact) mass is 564 g/mol. The van der Waals surface area contributed by atoms with E-state index in [9.17, 15) is 14.0 Å². The van der Waals surface area contributed by atoms with Gasteiger partial charge < -0.3 is 10.1 Å². The number of carbonyl (C=O) groups is 1. The second kappa shape index (κ2) is 10.9. The highest BCUT2D eigenvalue weighted by molar-refractivity contribution is 7.99. The van der Waals surface area contributed by atoms with Crippen molar-refractivity contribution in [3.63, 3.8) is 0 Å². The molecule has 0 saturated carbocycles. The van der Waals surface area contributed by atoms with E-state index in [1.807, 2.05) is 31.2 Å². The quantitative estimate of drug-likeness (QED) is 0.145. The van der Waals surface area contributed by atoms with E-state index >= 15 is 0 Å². The van der Waals surface area contributed by atoms with Gasteiger partial charge in [-0.2, -0.15) is 0 Å². The van der Waals surface area contributed by atoms with Crippen LogP contribution in [-0.2, 0) is 4.79 Å². The van der Waals surface area contributed by atoms with Crippen LogP contribution in [-0.4, -0.2) is 32.9 Å². The van der Waals surface area contributed by atoms with Gasteiger partial charge in [0, 0.05) is 11.8 Å². The molecular formula is C27H21FN4O3S3. The standard InChI is InChI=1S/C27H21FN4O3S3/c1-16-8-3-5-12-20(16)31-24-23(38-27(31)36)25(34)32(21-13-6-4-11-19(21)28)26(30-24)37-15-22(33)29-17-9-7-10-18(14-17)35-2/h3-14H,15H2,1-2H3,(H,29,33). The second-order valence-corrected chi connectivity index (χ2v) is 10.8. The van der Waals surface area contributed by atoms with Crippen LogP contribution in [0.25, 0.3) is 21.7 Å². The van der Waals surface area contributed by atoms with Crippen molar-refractivity contribution in [2.45, 2.75) is 12.1 Å². The van der Waals surface area contributed by atoms with Gasteiger partial charge in [0.1, 0.15) is 16.3 Å². The molecule has 0 saturated heterocycles. The zero-order valence-electron chi connectivity index (χ0n) is 20.3. The summed E-state index contributed by atoms with van der Waals surface area (Å²) in [5.41, 5.74) is 2.27. The van der Waals surface area contributed by atoms with Gasteiger partial charge in [0.2, 0.25) is 5.91 Å². The van der Waals surface area contributed by atoms with E-state index in [0.717, 1.165) is 34.3 Å². The third kappa shape index (κ3) is 5.00. The maximum absolute atomic E-state index is 14.9. The lowest BCUT2D eigenvalue weighted by Crippen LogP contribution is -2.23. The van der Waals surface area contributed by atoms with Crippen molar-refractivity contribution >= 4 is 57.3 Å². The molecule has 0 aliphatic rings. The second-order valence-electron chi connectivity index (χ2n) is 8.20. The van der Waals surface area contributed by atoms with Gasteiger partial charge in [-0.25, -0.2) is 9.37 Å². The number of anilines is 1. The fourth-order valence-electron chi connectivity index (χ4n) is 3.93. The van der Waals surface area contributed by atoms with Crippen LogP contribution in [0.15, 0.2) is 82.7 Å². The highest BCUT2D eigenvalue weighted by Crippen LogP contribution is 2.29. The minimum absolute atomic E-state index is 0.0457. The fourth-order valence-corrected chi connectivity index (χ4v) is 6.02. The molecule has 0 fully saturated rings. The lowest BCUT2D eigenvalue weighted by molar-refractivity contribution is -0.113. The molecule has 0 aliphatic carbocycles. The van der Waals surface area contributed by atoms with Crippen molar-refractivity contribution in [3.05, 3.63) is 98.5 Å². The Hall–Kier alpha value is -3.80. The Labute approximate surface area is 230 Å². The molecule has 3 aromatic carbocycles. The summed E-state index contributed by atoms with van der Waals surface area (Å²) in [6.07, 6.45) is 0. The first-order valence-electron chi connectivity index (χ1n) is 11.4. The summed E-state index contributed by atoms with van der Waals surface area (Å²) in [6, 6.07) is 20.6. The molecule has 11 heteroatoms. The van der Waals surface area contributed by atoms with E-state index in [1.54, 1.807) is 48.1 Å². The average molecular weight is 565 g/mol. The van der Waals surface area contributed by atoms with Gasteiger partial charge in [-0.1, -0.05) is 59.5 Å². The first-order chi connectivity index (χ1) is 18.4. The first-order valence-corrected chi connectivity index (χ1v) is 13.6. The van der Waals surface area contributed by atoms with Crippen molar-refractivity contribution in [1.82, 2.24) is 14.1 Å². The van der Waals surface area contributed by atoms with E-state index in [0.29, 0.717) is 25.7 Å². The molecule has 2 heterocycles. The topological polar surface area (TPSA) is 78.2 Å². The molecule has 7 nitrogen and oxygen atoms in total. The van der Waals surface area contributed by atoms with Crippen LogP contribution in [0.2, 0.25) is 0 Å². The summed E-state index contributed by atoms with van der Waals surface area (Å²) < 4.78 is 23.8. The number of nitrogens with zero attached hydrogens (tertiary/aromatic N) is 3. The Kier molecular flexibility index (Phi) is 7.41. The van der Waals surface area contributed by atoms with Crippen LogP contribution in [0.4, 0.5) is 10.1 Å². The number of thioether (sulfide) groups is 1. The number of aryl methyl sites for hydroxylation is 1. The van der Waals surface area contributed by atoms with E-state index < -0.39 is 11.4 Å². The Morgan fingerprint density at radius 1 is 1.08 bits per heavy atom. The van der Waals surface area contributed by atoms with Gasteiger partial charge in [-0.15, -0.1) is 0 Å². The minimum Gasteiger partial charge on any atom is -0.497 e. The number of thiazole rings is 1. The molecule has 5 aromatic rings. The largest absolute Gasteiger partial charge is 0.497 e. The Morgan fingerprint density at radius 3 is 2.55 bits per heavy atom. The normalized spacial score (nSPS) is 11.0. The molecule has 0 unspecified atom stereocenters. The van der Waals surface area contributed by atoms with E-state index in [2.05, 4.69) is 5.32 Å². The number of ether oxygens (including phenoxy) is 1. The van der Waals surface area contributed by atoms with Crippen molar-refractivity contribution in [1.29, 1.82) is 0 Å². The number of hydrogen-bond acceptors (Lipinski definition) is 7. The number of benzene rings is 3. The summed E-state index contributed by atoms with van der Waals surface area (Å²) in [5, 5.41) is 2.98. The van der Waals surface area contributed by atoms with Crippen LogP contribution in [0.3, 0.4) is 0 Å². The summed E-state index contributed by atoms with van der Waals surface area (Å²) >= 11 is 7.78. The molecule has 0 spiro atoms. The molecule has 0 bridgehead atoms. The Balaban J connectivity index is 1.60. The molecule has 192 valence electrons. The van der Waals surface area contributed by atoms with Crippen molar-refractivity contribution < 1.29 is 13.9 Å². The van der Waals surface area contributed by atoms with Crippen LogP contribution >= 0.6 is 35.3 Å². The summed E-state index contributed by atoms with van der Waals surface area (Å²) in [4.78, 5) is 31.3. The molecule has 1 N–H and O–H groups in total. The zero-order chi connectivity index (χ0) is 26.8. The van der Waals surface area contributed by atoms with Crippen LogP contribution in [0, 0.1) is 16.7 Å². The number of hydrogen-bond donors (Lipinski definition) is 1. The van der Waals surface area contributed by atoms with Gasteiger partial charge in [-0.3, -0.25) is 18.7 Å². The molecule has 0 radical (unpaired) electrons. The van der Waals surface area contributed by atoms with Gasteiger partial charge in [-0.05, 0) is 55.0 Å². The number of nitrogens with one attached hydrogen (secondary N) is 1. The van der Waals surface area contributed by atoms with Crippen molar-refractivity contribution in [3.8, 4) is 17.1 Å². The number of aromatic nitrogens is 3. The maximum Gasteiger partial charge on any atom is 0.278 e. The number of methoxy groups -OCH3 is 1. The Bertz CT molecular complexity index is 1790. The molecule has 1 amide bonds. The number of carbonyl (C=O) groups excluding carboxylic acids is 1.